The largest absolute Gasteiger partial charge is 0.481 e. The second-order valence-corrected chi connectivity index (χ2v) is 6.62. The second kappa shape index (κ2) is 5.75. The van der Waals surface area contributed by atoms with Gasteiger partial charge in [0.05, 0.1) is 5.92 Å². The molecule has 22 heavy (non-hydrogen) atoms. The molecule has 1 saturated carbocycles. The number of carboxylic acids is 1. The van der Waals surface area contributed by atoms with Crippen LogP contribution in [0.5, 0.6) is 0 Å². The minimum Gasteiger partial charge on any atom is -0.481 e. The highest BCUT2D eigenvalue weighted by atomic mass is 16.4. The Balaban J connectivity index is 1.90. The SMILES string of the molecule is CCC1(C(=O)N2Cc3ccccc3C(C(=O)O)C2)CCCC1. The van der Waals surface area contributed by atoms with Crippen molar-refractivity contribution < 1.29 is 14.7 Å². The van der Waals surface area contributed by atoms with Gasteiger partial charge in [-0.2, -0.15) is 0 Å². The van der Waals surface area contributed by atoms with E-state index in [4.69, 9.17) is 0 Å². The van der Waals surface area contributed by atoms with E-state index in [-0.39, 0.29) is 11.3 Å². The molecule has 1 unspecified atom stereocenters. The van der Waals surface area contributed by atoms with E-state index in [0.717, 1.165) is 43.2 Å². The summed E-state index contributed by atoms with van der Waals surface area (Å²) >= 11 is 0. The highest BCUT2D eigenvalue weighted by Gasteiger charge is 2.44. The Morgan fingerprint density at radius 1 is 1.27 bits per heavy atom. The molecule has 0 aromatic heterocycles. The summed E-state index contributed by atoms with van der Waals surface area (Å²) < 4.78 is 0. The second-order valence-electron chi connectivity index (χ2n) is 6.62. The van der Waals surface area contributed by atoms with E-state index >= 15 is 0 Å². The molecule has 4 nitrogen and oxygen atoms in total. The molecule has 0 radical (unpaired) electrons. The van der Waals surface area contributed by atoms with Crippen LogP contribution in [-0.4, -0.2) is 28.4 Å². The first-order chi connectivity index (χ1) is 10.6. The molecule has 1 aromatic rings. The van der Waals surface area contributed by atoms with Crippen LogP contribution in [0.25, 0.3) is 0 Å². The topological polar surface area (TPSA) is 57.6 Å². The molecule has 0 spiro atoms. The molecule has 1 fully saturated rings. The van der Waals surface area contributed by atoms with Crippen molar-refractivity contribution in [2.45, 2.75) is 51.5 Å². The highest BCUT2D eigenvalue weighted by molar-refractivity contribution is 5.85. The zero-order valence-corrected chi connectivity index (χ0v) is 13.0. The summed E-state index contributed by atoms with van der Waals surface area (Å²) in [6, 6.07) is 7.60. The first-order valence-corrected chi connectivity index (χ1v) is 8.17. The minimum absolute atomic E-state index is 0.160. The van der Waals surface area contributed by atoms with Crippen LogP contribution in [0.2, 0.25) is 0 Å². The number of carboxylic acid groups (broad SMARTS) is 1. The number of aliphatic carboxylic acids is 1. The van der Waals surface area contributed by atoms with Crippen molar-refractivity contribution in [1.29, 1.82) is 0 Å². The molecular formula is C18H23NO3. The smallest absolute Gasteiger partial charge is 0.312 e. The summed E-state index contributed by atoms with van der Waals surface area (Å²) in [6.07, 6.45) is 4.94. The predicted molar refractivity (Wildman–Crippen MR) is 83.4 cm³/mol. The number of carbonyl (C=O) groups excluding carboxylic acids is 1. The first-order valence-electron chi connectivity index (χ1n) is 8.17. The molecule has 1 amide bonds. The van der Waals surface area contributed by atoms with Crippen LogP contribution < -0.4 is 0 Å². The van der Waals surface area contributed by atoms with Gasteiger partial charge in [-0.3, -0.25) is 9.59 Å². The molecule has 2 aliphatic rings. The van der Waals surface area contributed by atoms with Crippen molar-refractivity contribution >= 4 is 11.9 Å². The number of hydrogen-bond acceptors (Lipinski definition) is 2. The lowest BCUT2D eigenvalue weighted by molar-refractivity contribution is -0.146. The molecule has 0 saturated heterocycles. The van der Waals surface area contributed by atoms with Crippen LogP contribution in [0, 0.1) is 5.41 Å². The Labute approximate surface area is 131 Å². The molecule has 3 rings (SSSR count). The van der Waals surface area contributed by atoms with E-state index < -0.39 is 11.9 Å². The zero-order chi connectivity index (χ0) is 15.7. The number of rotatable bonds is 3. The van der Waals surface area contributed by atoms with Crippen LogP contribution in [0.3, 0.4) is 0 Å². The van der Waals surface area contributed by atoms with Gasteiger partial charge in [0.25, 0.3) is 0 Å². The molecule has 1 heterocycles. The van der Waals surface area contributed by atoms with Crippen LogP contribution in [0.4, 0.5) is 0 Å². The van der Waals surface area contributed by atoms with Gasteiger partial charge in [0.15, 0.2) is 0 Å². The number of amides is 1. The van der Waals surface area contributed by atoms with Crippen LogP contribution >= 0.6 is 0 Å². The third-order valence-corrected chi connectivity index (χ3v) is 5.47. The van der Waals surface area contributed by atoms with Crippen molar-refractivity contribution in [1.82, 2.24) is 4.90 Å². The summed E-state index contributed by atoms with van der Waals surface area (Å²) in [6.45, 7) is 2.92. The summed E-state index contributed by atoms with van der Waals surface area (Å²) in [7, 11) is 0. The van der Waals surface area contributed by atoms with Crippen molar-refractivity contribution in [3.63, 3.8) is 0 Å². The van der Waals surface area contributed by atoms with E-state index in [2.05, 4.69) is 6.92 Å². The Morgan fingerprint density at radius 3 is 2.59 bits per heavy atom. The molecule has 118 valence electrons. The normalized spacial score (nSPS) is 23.1. The zero-order valence-electron chi connectivity index (χ0n) is 13.0. The molecule has 1 aliphatic carbocycles. The lowest BCUT2D eigenvalue weighted by Gasteiger charge is -2.38. The number of carbonyl (C=O) groups is 2. The van der Waals surface area contributed by atoms with Crippen molar-refractivity contribution in [2.75, 3.05) is 6.54 Å². The lowest BCUT2D eigenvalue weighted by Crippen LogP contribution is -2.47. The maximum Gasteiger partial charge on any atom is 0.312 e. The lowest BCUT2D eigenvalue weighted by atomic mass is 9.80. The number of hydrogen-bond donors (Lipinski definition) is 1. The van der Waals surface area contributed by atoms with E-state index in [1.807, 2.05) is 24.3 Å². The average molecular weight is 301 g/mol. The van der Waals surface area contributed by atoms with Gasteiger partial charge >= 0.3 is 5.97 Å². The summed E-state index contributed by atoms with van der Waals surface area (Å²) in [5, 5.41) is 9.53. The van der Waals surface area contributed by atoms with Gasteiger partial charge < -0.3 is 10.0 Å². The molecule has 0 bridgehead atoms. The Kier molecular flexibility index (Phi) is 3.94. The first kappa shape index (κ1) is 15.1. The fourth-order valence-electron chi connectivity index (χ4n) is 4.08. The van der Waals surface area contributed by atoms with Gasteiger partial charge in [0.1, 0.15) is 0 Å². The van der Waals surface area contributed by atoms with Crippen LogP contribution in [0.15, 0.2) is 24.3 Å². The van der Waals surface area contributed by atoms with E-state index in [9.17, 15) is 14.7 Å². The fraction of sp³-hybridized carbons (Fsp3) is 0.556. The Hall–Kier alpha value is -1.84. The number of benzene rings is 1. The van der Waals surface area contributed by atoms with Gasteiger partial charge in [-0.05, 0) is 30.4 Å². The van der Waals surface area contributed by atoms with Gasteiger partial charge in [-0.25, -0.2) is 0 Å². The standard InChI is InChI=1S/C18H23NO3/c1-2-18(9-5-6-10-18)17(22)19-11-13-7-3-4-8-14(13)15(12-19)16(20)21/h3-4,7-8,15H,2,5-6,9-12H2,1H3,(H,20,21). The molecule has 1 atom stereocenters. The van der Waals surface area contributed by atoms with Crippen LogP contribution in [-0.2, 0) is 16.1 Å². The Morgan fingerprint density at radius 2 is 1.95 bits per heavy atom. The van der Waals surface area contributed by atoms with Gasteiger partial charge in [-0.1, -0.05) is 44.0 Å². The summed E-state index contributed by atoms with van der Waals surface area (Å²) in [5.74, 6) is -1.29. The third-order valence-electron chi connectivity index (χ3n) is 5.47. The number of fused-ring (bicyclic) bond motifs is 1. The average Bonchev–Trinajstić information content (AvgIpc) is 3.03. The van der Waals surface area contributed by atoms with Crippen molar-refractivity contribution in [2.24, 2.45) is 5.41 Å². The molecular weight excluding hydrogens is 278 g/mol. The fourth-order valence-corrected chi connectivity index (χ4v) is 4.08. The Bertz CT molecular complexity index is 590. The van der Waals surface area contributed by atoms with E-state index in [1.165, 1.54) is 0 Å². The van der Waals surface area contributed by atoms with E-state index in [0.29, 0.717) is 13.1 Å². The third kappa shape index (κ3) is 2.40. The monoisotopic (exact) mass is 301 g/mol. The molecule has 1 N–H and O–H groups in total. The maximum atomic E-state index is 13.1. The molecule has 4 heteroatoms. The van der Waals surface area contributed by atoms with Crippen molar-refractivity contribution in [3.05, 3.63) is 35.4 Å². The predicted octanol–water partition coefficient (Wildman–Crippen LogP) is 3.17. The van der Waals surface area contributed by atoms with Crippen molar-refractivity contribution in [3.8, 4) is 0 Å². The summed E-state index contributed by atoms with van der Waals surface area (Å²) in [5.41, 5.74) is 1.57. The number of nitrogens with zero attached hydrogens (tertiary/aromatic N) is 1. The van der Waals surface area contributed by atoms with Gasteiger partial charge in [0, 0.05) is 18.5 Å². The van der Waals surface area contributed by atoms with Crippen LogP contribution in [0.1, 0.15) is 56.1 Å². The highest BCUT2D eigenvalue weighted by Crippen LogP contribution is 2.43. The van der Waals surface area contributed by atoms with E-state index in [1.54, 1.807) is 4.90 Å². The quantitative estimate of drug-likeness (QED) is 0.933. The maximum absolute atomic E-state index is 13.1. The molecule has 1 aliphatic heterocycles. The minimum atomic E-state index is -0.845. The summed E-state index contributed by atoms with van der Waals surface area (Å²) in [4.78, 5) is 26.5. The van der Waals surface area contributed by atoms with Gasteiger partial charge in [-0.15, -0.1) is 0 Å². The molecule has 1 aromatic carbocycles. The van der Waals surface area contributed by atoms with Gasteiger partial charge in [0.2, 0.25) is 5.91 Å².